The number of benzene rings is 3. The Morgan fingerprint density at radius 1 is 0.957 bits per heavy atom. The van der Waals surface area contributed by atoms with Gasteiger partial charge in [-0.25, -0.2) is 0 Å². The molecule has 0 saturated carbocycles. The molecule has 4 rings (SSSR count). The maximum Gasteiger partial charge on any atom is 0.124 e. The van der Waals surface area contributed by atoms with E-state index in [1.807, 2.05) is 13.0 Å². The lowest BCUT2D eigenvalue weighted by molar-refractivity contribution is 0.472. The molecule has 1 heterocycles. The maximum atomic E-state index is 10.3. The lowest BCUT2D eigenvalue weighted by Crippen LogP contribution is -2.17. The van der Waals surface area contributed by atoms with E-state index in [4.69, 9.17) is 0 Å². The first kappa shape index (κ1) is 14.0. The molecule has 1 aliphatic heterocycles. The van der Waals surface area contributed by atoms with Crippen LogP contribution in [-0.4, -0.2) is 16.9 Å². The summed E-state index contributed by atoms with van der Waals surface area (Å²) in [5, 5.41) is 12.8. The Morgan fingerprint density at radius 2 is 1.74 bits per heavy atom. The maximum absolute atomic E-state index is 10.3. The molecule has 3 aromatic rings. The first-order chi connectivity index (χ1) is 11.1. The van der Waals surface area contributed by atoms with Gasteiger partial charge in [0.2, 0.25) is 0 Å². The number of fused-ring (bicyclic) bond motifs is 2. The van der Waals surface area contributed by atoms with Crippen LogP contribution in [0.2, 0.25) is 0 Å². The second-order valence-corrected chi connectivity index (χ2v) is 6.28. The second kappa shape index (κ2) is 5.24. The van der Waals surface area contributed by atoms with Gasteiger partial charge in [-0.15, -0.1) is 0 Å². The van der Waals surface area contributed by atoms with Crippen molar-refractivity contribution in [2.75, 3.05) is 0 Å². The van der Waals surface area contributed by atoms with E-state index in [9.17, 15) is 5.11 Å². The number of hydrogen-bond acceptors (Lipinski definition) is 2. The predicted octanol–water partition coefficient (Wildman–Crippen LogP) is 4.97. The van der Waals surface area contributed by atoms with Gasteiger partial charge in [0.05, 0.1) is 6.04 Å². The molecule has 2 heteroatoms. The van der Waals surface area contributed by atoms with Gasteiger partial charge in [-0.3, -0.25) is 4.99 Å². The lowest BCUT2D eigenvalue weighted by Gasteiger charge is -2.24. The highest BCUT2D eigenvalue weighted by molar-refractivity contribution is 6.06. The smallest absolute Gasteiger partial charge is 0.124 e. The molecule has 0 aliphatic carbocycles. The van der Waals surface area contributed by atoms with E-state index < -0.39 is 0 Å². The van der Waals surface area contributed by atoms with Crippen molar-refractivity contribution < 1.29 is 5.11 Å². The third-order valence-corrected chi connectivity index (χ3v) is 4.65. The number of nitrogens with zero attached hydrogens (tertiary/aromatic N) is 1. The fourth-order valence-electron chi connectivity index (χ4n) is 3.70. The molecule has 1 N–H and O–H groups in total. The van der Waals surface area contributed by atoms with Crippen molar-refractivity contribution >= 4 is 16.5 Å². The average molecular weight is 301 g/mol. The molecule has 0 radical (unpaired) electrons. The molecule has 2 nitrogen and oxygen atoms in total. The van der Waals surface area contributed by atoms with Crippen molar-refractivity contribution in [3.63, 3.8) is 0 Å². The summed E-state index contributed by atoms with van der Waals surface area (Å²) >= 11 is 0. The van der Waals surface area contributed by atoms with Crippen LogP contribution in [0.4, 0.5) is 0 Å². The lowest BCUT2D eigenvalue weighted by atomic mass is 9.85. The fraction of sp³-hybridized carbons (Fsp3) is 0.190. The van der Waals surface area contributed by atoms with Crippen molar-refractivity contribution in [1.29, 1.82) is 0 Å². The van der Waals surface area contributed by atoms with Gasteiger partial charge in [0.25, 0.3) is 0 Å². The van der Waals surface area contributed by atoms with Crippen LogP contribution in [0.1, 0.15) is 25.0 Å². The number of rotatable bonds is 1. The molecule has 0 spiro atoms. The molecule has 23 heavy (non-hydrogen) atoms. The van der Waals surface area contributed by atoms with E-state index in [0.717, 1.165) is 17.7 Å². The summed E-state index contributed by atoms with van der Waals surface area (Å²) in [6, 6.07) is 18.9. The van der Waals surface area contributed by atoms with Crippen LogP contribution in [0.5, 0.6) is 5.75 Å². The van der Waals surface area contributed by atoms with E-state index in [2.05, 4.69) is 54.4 Å². The summed E-state index contributed by atoms with van der Waals surface area (Å²) in [6.45, 7) is 4.12. The van der Waals surface area contributed by atoms with E-state index in [-0.39, 0.29) is 6.04 Å². The molecule has 0 aromatic heterocycles. The predicted molar refractivity (Wildman–Crippen MR) is 96.4 cm³/mol. The Hall–Kier alpha value is -2.61. The normalized spacial score (nSPS) is 17.0. The molecule has 3 aromatic carbocycles. The third kappa shape index (κ3) is 2.22. The van der Waals surface area contributed by atoms with E-state index in [1.165, 1.54) is 27.5 Å². The molecule has 0 saturated heterocycles. The minimum Gasteiger partial charge on any atom is -0.507 e. The van der Waals surface area contributed by atoms with Gasteiger partial charge in [0.15, 0.2) is 0 Å². The number of phenolic OH excluding ortho intramolecular Hbond substituents is 1. The van der Waals surface area contributed by atoms with Gasteiger partial charge >= 0.3 is 0 Å². The zero-order valence-electron chi connectivity index (χ0n) is 13.4. The SMILES string of the molecule is CC1=N[C@H](C)Cc2c(-c3cccc4ccccc34)ccc(O)c21. The number of aromatic hydroxyl groups is 1. The number of phenols is 1. The molecular formula is C21H19NO. The van der Waals surface area contributed by atoms with Gasteiger partial charge in [-0.2, -0.15) is 0 Å². The zero-order chi connectivity index (χ0) is 16.0. The summed E-state index contributed by atoms with van der Waals surface area (Å²) in [5.74, 6) is 0.331. The van der Waals surface area contributed by atoms with Crippen LogP contribution in [0.3, 0.4) is 0 Å². The topological polar surface area (TPSA) is 32.6 Å². The Bertz CT molecular complexity index is 934. The Kier molecular flexibility index (Phi) is 3.19. The minimum atomic E-state index is 0.248. The first-order valence-corrected chi connectivity index (χ1v) is 8.03. The third-order valence-electron chi connectivity index (χ3n) is 4.65. The van der Waals surface area contributed by atoms with Crippen LogP contribution in [0, 0.1) is 0 Å². The summed E-state index contributed by atoms with van der Waals surface area (Å²) in [7, 11) is 0. The van der Waals surface area contributed by atoms with E-state index in [0.29, 0.717) is 5.75 Å². The van der Waals surface area contributed by atoms with Crippen LogP contribution < -0.4 is 0 Å². The van der Waals surface area contributed by atoms with Crippen LogP contribution in [-0.2, 0) is 6.42 Å². The van der Waals surface area contributed by atoms with Gasteiger partial charge in [-0.05, 0) is 53.8 Å². The first-order valence-electron chi connectivity index (χ1n) is 8.03. The Morgan fingerprint density at radius 3 is 2.61 bits per heavy atom. The molecular weight excluding hydrogens is 282 g/mol. The van der Waals surface area contributed by atoms with Crippen LogP contribution in [0.15, 0.2) is 59.6 Å². The van der Waals surface area contributed by atoms with E-state index in [1.54, 1.807) is 6.07 Å². The quantitative estimate of drug-likeness (QED) is 0.676. The molecule has 0 bridgehead atoms. The van der Waals surface area contributed by atoms with E-state index >= 15 is 0 Å². The minimum absolute atomic E-state index is 0.248. The van der Waals surface area contributed by atoms with Gasteiger partial charge in [0, 0.05) is 11.3 Å². The van der Waals surface area contributed by atoms with Crippen molar-refractivity contribution in [2.45, 2.75) is 26.3 Å². The van der Waals surface area contributed by atoms with Crippen LogP contribution >= 0.6 is 0 Å². The van der Waals surface area contributed by atoms with Gasteiger partial charge in [-0.1, -0.05) is 48.5 Å². The molecule has 0 fully saturated rings. The summed E-state index contributed by atoms with van der Waals surface area (Å²) in [5.41, 5.74) is 5.48. The monoisotopic (exact) mass is 301 g/mol. The average Bonchev–Trinajstić information content (AvgIpc) is 2.54. The van der Waals surface area contributed by atoms with Crippen molar-refractivity contribution in [3.05, 3.63) is 65.7 Å². The Labute approximate surface area is 136 Å². The van der Waals surface area contributed by atoms with Gasteiger partial charge < -0.3 is 5.11 Å². The highest BCUT2D eigenvalue weighted by Crippen LogP contribution is 2.38. The largest absolute Gasteiger partial charge is 0.507 e. The summed E-state index contributed by atoms with van der Waals surface area (Å²) in [6.07, 6.45) is 0.861. The second-order valence-electron chi connectivity index (χ2n) is 6.28. The number of aliphatic imine (C=N–C) groups is 1. The highest BCUT2D eigenvalue weighted by Gasteiger charge is 2.23. The molecule has 1 atom stereocenters. The Balaban J connectivity index is 2.04. The van der Waals surface area contributed by atoms with Crippen LogP contribution in [0.25, 0.3) is 21.9 Å². The summed E-state index contributed by atoms with van der Waals surface area (Å²) < 4.78 is 0. The van der Waals surface area contributed by atoms with Gasteiger partial charge in [0.1, 0.15) is 5.75 Å². The van der Waals surface area contributed by atoms with Crippen molar-refractivity contribution in [2.24, 2.45) is 4.99 Å². The molecule has 1 aliphatic rings. The molecule has 0 unspecified atom stereocenters. The standard InChI is InChI=1S/C21H19NO/c1-13-12-19-18(10-11-20(23)21(19)14(2)22-13)17-9-5-7-15-6-3-4-8-16(15)17/h3-11,13,23H,12H2,1-2H3/t13-/m1/s1. The number of hydrogen-bond donors (Lipinski definition) is 1. The van der Waals surface area contributed by atoms with Crippen molar-refractivity contribution in [3.8, 4) is 16.9 Å². The zero-order valence-corrected chi connectivity index (χ0v) is 13.4. The van der Waals surface area contributed by atoms with Crippen molar-refractivity contribution in [1.82, 2.24) is 0 Å². The molecule has 0 amide bonds. The fourth-order valence-corrected chi connectivity index (χ4v) is 3.70. The molecule has 114 valence electrons. The highest BCUT2D eigenvalue weighted by atomic mass is 16.3. The summed E-state index contributed by atoms with van der Waals surface area (Å²) in [4.78, 5) is 4.64.